The first-order valence-electron chi connectivity index (χ1n) is 6.82. The standard InChI is InChI=1S/C13H20ClN3O2S/c1-2-3-15-9-11-8-12(14)13(16-10-11)17-4-6-20(18,19)7-5-17/h8,10,15H,2-7,9H2,1H3. The number of rotatable bonds is 5. The summed E-state index contributed by atoms with van der Waals surface area (Å²) in [7, 11) is -2.88. The number of halogens is 1. The van der Waals surface area contributed by atoms with Gasteiger partial charge in [0.2, 0.25) is 0 Å². The van der Waals surface area contributed by atoms with E-state index in [1.54, 1.807) is 6.20 Å². The molecule has 1 fully saturated rings. The highest BCUT2D eigenvalue weighted by molar-refractivity contribution is 7.91. The summed E-state index contributed by atoms with van der Waals surface area (Å²) in [6.45, 7) is 4.75. The Bertz CT molecular complexity index is 549. The molecule has 20 heavy (non-hydrogen) atoms. The average molecular weight is 318 g/mol. The highest BCUT2D eigenvalue weighted by Gasteiger charge is 2.23. The number of nitrogens with one attached hydrogen (secondary N) is 1. The molecule has 2 rings (SSSR count). The average Bonchev–Trinajstić information content (AvgIpc) is 2.40. The summed E-state index contributed by atoms with van der Waals surface area (Å²) in [6, 6.07) is 1.90. The molecule has 1 aliphatic heterocycles. The maximum atomic E-state index is 11.4. The van der Waals surface area contributed by atoms with Gasteiger partial charge in [-0.3, -0.25) is 0 Å². The Morgan fingerprint density at radius 1 is 1.40 bits per heavy atom. The summed E-state index contributed by atoms with van der Waals surface area (Å²) >= 11 is 6.27. The van der Waals surface area contributed by atoms with E-state index in [4.69, 9.17) is 11.6 Å². The molecular formula is C13H20ClN3O2S. The van der Waals surface area contributed by atoms with Crippen LogP contribution in [-0.2, 0) is 16.4 Å². The number of pyridine rings is 1. The lowest BCUT2D eigenvalue weighted by molar-refractivity contribution is 0.586. The monoisotopic (exact) mass is 317 g/mol. The number of nitrogens with zero attached hydrogens (tertiary/aromatic N) is 2. The van der Waals surface area contributed by atoms with Gasteiger partial charge < -0.3 is 10.2 Å². The highest BCUT2D eigenvalue weighted by Crippen LogP contribution is 2.25. The fraction of sp³-hybridized carbons (Fsp3) is 0.615. The Morgan fingerprint density at radius 3 is 2.70 bits per heavy atom. The first-order valence-corrected chi connectivity index (χ1v) is 9.02. The molecule has 0 aliphatic carbocycles. The van der Waals surface area contributed by atoms with Crippen molar-refractivity contribution in [2.75, 3.05) is 36.0 Å². The molecule has 0 radical (unpaired) electrons. The van der Waals surface area contributed by atoms with Crippen molar-refractivity contribution in [2.24, 2.45) is 0 Å². The van der Waals surface area contributed by atoms with Gasteiger partial charge in [0.05, 0.1) is 16.5 Å². The summed E-state index contributed by atoms with van der Waals surface area (Å²) in [5.74, 6) is 1.02. The third-order valence-electron chi connectivity index (χ3n) is 3.28. The summed E-state index contributed by atoms with van der Waals surface area (Å²) in [5, 5.41) is 3.88. The van der Waals surface area contributed by atoms with Crippen molar-refractivity contribution in [3.05, 3.63) is 22.8 Å². The van der Waals surface area contributed by atoms with E-state index in [2.05, 4.69) is 17.2 Å². The predicted molar refractivity (Wildman–Crippen MR) is 82.1 cm³/mol. The van der Waals surface area contributed by atoms with Crippen molar-refractivity contribution in [3.63, 3.8) is 0 Å². The van der Waals surface area contributed by atoms with Crippen LogP contribution in [-0.4, -0.2) is 44.5 Å². The molecule has 5 nitrogen and oxygen atoms in total. The van der Waals surface area contributed by atoms with Crippen LogP contribution in [0.1, 0.15) is 18.9 Å². The molecule has 7 heteroatoms. The molecule has 0 unspecified atom stereocenters. The van der Waals surface area contributed by atoms with Crippen LogP contribution in [0.25, 0.3) is 0 Å². The van der Waals surface area contributed by atoms with Crippen LogP contribution in [0.2, 0.25) is 5.02 Å². The van der Waals surface area contributed by atoms with E-state index in [0.717, 1.165) is 25.1 Å². The normalized spacial score (nSPS) is 18.2. The van der Waals surface area contributed by atoms with Gasteiger partial charge in [0.1, 0.15) is 5.82 Å². The Kier molecular flexibility index (Phi) is 5.23. The van der Waals surface area contributed by atoms with Crippen LogP contribution >= 0.6 is 11.6 Å². The van der Waals surface area contributed by atoms with Crippen LogP contribution in [0.4, 0.5) is 5.82 Å². The summed E-state index contributed by atoms with van der Waals surface area (Å²) in [4.78, 5) is 6.32. The molecule has 1 saturated heterocycles. The number of hydrogen-bond donors (Lipinski definition) is 1. The van der Waals surface area contributed by atoms with Crippen molar-refractivity contribution in [3.8, 4) is 0 Å². The third-order valence-corrected chi connectivity index (χ3v) is 5.17. The molecule has 2 heterocycles. The first-order chi connectivity index (χ1) is 9.52. The largest absolute Gasteiger partial charge is 0.353 e. The zero-order chi connectivity index (χ0) is 14.6. The number of anilines is 1. The van der Waals surface area contributed by atoms with Gasteiger partial charge in [-0.15, -0.1) is 0 Å². The van der Waals surface area contributed by atoms with Gasteiger partial charge >= 0.3 is 0 Å². The van der Waals surface area contributed by atoms with Crippen molar-refractivity contribution in [2.45, 2.75) is 19.9 Å². The van der Waals surface area contributed by atoms with E-state index in [1.807, 2.05) is 11.0 Å². The van der Waals surface area contributed by atoms with Gasteiger partial charge in [-0.1, -0.05) is 18.5 Å². The lowest BCUT2D eigenvalue weighted by Crippen LogP contribution is -2.40. The van der Waals surface area contributed by atoms with E-state index < -0.39 is 9.84 Å². The van der Waals surface area contributed by atoms with E-state index in [0.29, 0.717) is 23.9 Å². The minimum atomic E-state index is -2.88. The smallest absolute Gasteiger partial charge is 0.153 e. The van der Waals surface area contributed by atoms with E-state index in [-0.39, 0.29) is 11.5 Å². The minimum Gasteiger partial charge on any atom is -0.353 e. The quantitative estimate of drug-likeness (QED) is 0.833. The molecule has 0 atom stereocenters. The van der Waals surface area contributed by atoms with E-state index in [1.165, 1.54) is 0 Å². The summed E-state index contributed by atoms with van der Waals surface area (Å²) < 4.78 is 22.8. The Morgan fingerprint density at radius 2 is 2.10 bits per heavy atom. The molecule has 112 valence electrons. The molecule has 0 amide bonds. The summed E-state index contributed by atoms with van der Waals surface area (Å²) in [6.07, 6.45) is 2.88. The molecule has 0 saturated carbocycles. The second-order valence-electron chi connectivity index (χ2n) is 4.96. The third kappa shape index (κ3) is 4.07. The van der Waals surface area contributed by atoms with Crippen LogP contribution in [0, 0.1) is 0 Å². The molecule has 0 bridgehead atoms. The Hall–Kier alpha value is -0.850. The number of hydrogen-bond acceptors (Lipinski definition) is 5. The van der Waals surface area contributed by atoms with Crippen LogP contribution < -0.4 is 10.2 Å². The van der Waals surface area contributed by atoms with Crippen LogP contribution in [0.15, 0.2) is 12.3 Å². The molecule has 1 aromatic rings. The van der Waals surface area contributed by atoms with Crippen molar-refractivity contribution >= 4 is 27.3 Å². The Balaban J connectivity index is 2.03. The van der Waals surface area contributed by atoms with Crippen LogP contribution in [0.3, 0.4) is 0 Å². The van der Waals surface area contributed by atoms with Gasteiger partial charge in [-0.2, -0.15) is 0 Å². The highest BCUT2D eigenvalue weighted by atomic mass is 35.5. The zero-order valence-corrected chi connectivity index (χ0v) is 13.2. The molecule has 0 spiro atoms. The topological polar surface area (TPSA) is 62.3 Å². The Labute approximate surface area is 125 Å². The van der Waals surface area contributed by atoms with Gasteiger partial charge in [0.25, 0.3) is 0 Å². The van der Waals surface area contributed by atoms with Gasteiger partial charge in [0, 0.05) is 25.8 Å². The maximum absolute atomic E-state index is 11.4. The second-order valence-corrected chi connectivity index (χ2v) is 7.68. The summed E-state index contributed by atoms with van der Waals surface area (Å²) in [5.41, 5.74) is 1.04. The lowest BCUT2D eigenvalue weighted by Gasteiger charge is -2.28. The van der Waals surface area contributed by atoms with Crippen molar-refractivity contribution in [1.82, 2.24) is 10.3 Å². The zero-order valence-electron chi connectivity index (χ0n) is 11.6. The number of sulfone groups is 1. The molecule has 1 N–H and O–H groups in total. The minimum absolute atomic E-state index is 0.171. The SMILES string of the molecule is CCCNCc1cnc(N2CCS(=O)(=O)CC2)c(Cl)c1. The molecule has 1 aromatic heterocycles. The predicted octanol–water partition coefficient (Wildman–Crippen LogP) is 1.47. The van der Waals surface area contributed by atoms with Gasteiger partial charge in [-0.05, 0) is 24.6 Å². The fourth-order valence-corrected chi connectivity index (χ4v) is 3.64. The van der Waals surface area contributed by atoms with E-state index in [9.17, 15) is 8.42 Å². The maximum Gasteiger partial charge on any atom is 0.153 e. The molecule has 0 aromatic carbocycles. The van der Waals surface area contributed by atoms with Crippen molar-refractivity contribution in [1.29, 1.82) is 0 Å². The molecular weight excluding hydrogens is 298 g/mol. The molecule has 1 aliphatic rings. The number of aromatic nitrogens is 1. The first kappa shape index (κ1) is 15.5. The second kappa shape index (κ2) is 6.74. The lowest BCUT2D eigenvalue weighted by atomic mass is 10.2. The van der Waals surface area contributed by atoms with E-state index >= 15 is 0 Å². The van der Waals surface area contributed by atoms with Gasteiger partial charge in [0.15, 0.2) is 9.84 Å². The van der Waals surface area contributed by atoms with Gasteiger partial charge in [-0.25, -0.2) is 13.4 Å². The van der Waals surface area contributed by atoms with Crippen molar-refractivity contribution < 1.29 is 8.42 Å². The van der Waals surface area contributed by atoms with Crippen LogP contribution in [0.5, 0.6) is 0 Å². The fourth-order valence-electron chi connectivity index (χ4n) is 2.13.